The molecule has 2 aromatic rings. The maximum Gasteiger partial charge on any atom is 0.243 e. The largest absolute Gasteiger partial charge is 0.352 e. The first-order chi connectivity index (χ1) is 16.8. The standard InChI is InChI=1S/C26H30Cl4N2O2S/c1-2-24(26(34)31-18-7-4-3-5-8-18)32(14-19-20(27)9-6-10-21(19)28)25(33)16-35-15-17-11-12-22(29)23(30)13-17/h6,9-13,18,24H,2-5,7-8,14-16H2,1H3,(H,31,34)/t24-/m1/s1. The Bertz CT molecular complexity index is 1010. The Morgan fingerprint density at radius 3 is 2.31 bits per heavy atom. The molecule has 35 heavy (non-hydrogen) atoms. The third-order valence-electron chi connectivity index (χ3n) is 6.21. The van der Waals surface area contributed by atoms with E-state index < -0.39 is 6.04 Å². The lowest BCUT2D eigenvalue weighted by molar-refractivity contribution is -0.139. The van der Waals surface area contributed by atoms with Gasteiger partial charge in [-0.15, -0.1) is 11.8 Å². The van der Waals surface area contributed by atoms with E-state index in [9.17, 15) is 9.59 Å². The van der Waals surface area contributed by atoms with Crippen LogP contribution < -0.4 is 5.32 Å². The molecule has 2 amide bonds. The molecule has 0 unspecified atom stereocenters. The smallest absolute Gasteiger partial charge is 0.243 e. The van der Waals surface area contributed by atoms with Crippen molar-refractivity contribution in [1.29, 1.82) is 0 Å². The summed E-state index contributed by atoms with van der Waals surface area (Å²) in [6.07, 6.45) is 5.88. The number of carbonyl (C=O) groups excluding carboxylic acids is 2. The molecule has 3 rings (SSSR count). The van der Waals surface area contributed by atoms with Crippen molar-refractivity contribution < 1.29 is 9.59 Å². The van der Waals surface area contributed by atoms with Crippen LogP contribution in [-0.2, 0) is 21.9 Å². The number of carbonyl (C=O) groups is 2. The molecular formula is C26H30Cl4N2O2S. The fourth-order valence-electron chi connectivity index (χ4n) is 4.29. The minimum Gasteiger partial charge on any atom is -0.352 e. The number of hydrogen-bond acceptors (Lipinski definition) is 3. The Morgan fingerprint density at radius 1 is 1.00 bits per heavy atom. The predicted molar refractivity (Wildman–Crippen MR) is 149 cm³/mol. The number of rotatable bonds is 10. The number of thioether (sulfide) groups is 1. The van der Waals surface area contributed by atoms with Gasteiger partial charge < -0.3 is 10.2 Å². The molecule has 0 aromatic heterocycles. The van der Waals surface area contributed by atoms with Crippen molar-refractivity contribution in [2.75, 3.05) is 5.75 Å². The molecule has 0 saturated heterocycles. The van der Waals surface area contributed by atoms with Gasteiger partial charge in [-0.25, -0.2) is 0 Å². The molecule has 190 valence electrons. The van der Waals surface area contributed by atoms with Gasteiger partial charge in [0.1, 0.15) is 6.04 Å². The van der Waals surface area contributed by atoms with Crippen molar-refractivity contribution in [3.8, 4) is 0 Å². The highest BCUT2D eigenvalue weighted by Crippen LogP contribution is 2.29. The fraction of sp³-hybridized carbons (Fsp3) is 0.462. The summed E-state index contributed by atoms with van der Waals surface area (Å²) in [4.78, 5) is 28.4. The van der Waals surface area contributed by atoms with E-state index in [4.69, 9.17) is 46.4 Å². The number of hydrogen-bond donors (Lipinski definition) is 1. The zero-order chi connectivity index (χ0) is 25.4. The lowest BCUT2D eigenvalue weighted by atomic mass is 9.95. The average Bonchev–Trinajstić information content (AvgIpc) is 2.83. The molecular weight excluding hydrogens is 546 g/mol. The molecule has 9 heteroatoms. The van der Waals surface area contributed by atoms with Crippen LogP contribution in [0.5, 0.6) is 0 Å². The van der Waals surface area contributed by atoms with Gasteiger partial charge in [0.25, 0.3) is 0 Å². The van der Waals surface area contributed by atoms with Crippen LogP contribution in [0.3, 0.4) is 0 Å². The maximum absolute atomic E-state index is 13.5. The maximum atomic E-state index is 13.5. The first-order valence-electron chi connectivity index (χ1n) is 11.8. The molecule has 1 aliphatic rings. The first kappa shape index (κ1) is 28.5. The van der Waals surface area contributed by atoms with Crippen molar-refractivity contribution in [3.63, 3.8) is 0 Å². The minimum atomic E-state index is -0.609. The normalized spacial score (nSPS) is 15.0. The zero-order valence-electron chi connectivity index (χ0n) is 19.7. The number of amides is 2. The Kier molecular flexibility index (Phi) is 11.4. The molecule has 0 heterocycles. The van der Waals surface area contributed by atoms with E-state index in [0.29, 0.717) is 37.8 Å². The van der Waals surface area contributed by atoms with Crippen LogP contribution in [0.2, 0.25) is 20.1 Å². The summed E-state index contributed by atoms with van der Waals surface area (Å²) in [6.45, 7) is 2.09. The zero-order valence-corrected chi connectivity index (χ0v) is 23.5. The molecule has 0 radical (unpaired) electrons. The van der Waals surface area contributed by atoms with E-state index in [0.717, 1.165) is 31.2 Å². The monoisotopic (exact) mass is 574 g/mol. The second kappa shape index (κ2) is 14.0. The van der Waals surface area contributed by atoms with Crippen LogP contribution >= 0.6 is 58.2 Å². The van der Waals surface area contributed by atoms with Crippen LogP contribution in [0.1, 0.15) is 56.6 Å². The van der Waals surface area contributed by atoms with Crippen LogP contribution in [0.4, 0.5) is 0 Å². The van der Waals surface area contributed by atoms with Gasteiger partial charge in [-0.1, -0.05) is 84.7 Å². The Balaban J connectivity index is 1.75. The lowest BCUT2D eigenvalue weighted by Crippen LogP contribution is -2.52. The summed E-state index contributed by atoms with van der Waals surface area (Å²) in [5, 5.41) is 5.11. The molecule has 1 aliphatic carbocycles. The SMILES string of the molecule is CC[C@H](C(=O)NC1CCCCC1)N(Cc1c(Cl)cccc1Cl)C(=O)CSCc1ccc(Cl)c(Cl)c1. The third kappa shape index (κ3) is 8.19. The van der Waals surface area contributed by atoms with E-state index in [1.165, 1.54) is 18.2 Å². The molecule has 1 fully saturated rings. The molecule has 2 aromatic carbocycles. The van der Waals surface area contributed by atoms with Crippen LogP contribution in [-0.4, -0.2) is 34.6 Å². The lowest BCUT2D eigenvalue weighted by Gasteiger charge is -2.33. The van der Waals surface area contributed by atoms with E-state index in [1.54, 1.807) is 35.2 Å². The van der Waals surface area contributed by atoms with Crippen LogP contribution in [0.25, 0.3) is 0 Å². The molecule has 1 saturated carbocycles. The molecule has 1 N–H and O–H groups in total. The fourth-order valence-corrected chi connectivity index (χ4v) is 5.98. The first-order valence-corrected chi connectivity index (χ1v) is 14.5. The number of nitrogens with one attached hydrogen (secondary N) is 1. The van der Waals surface area contributed by atoms with E-state index in [2.05, 4.69) is 5.32 Å². The summed E-state index contributed by atoms with van der Waals surface area (Å²) in [6, 6.07) is 10.2. The highest BCUT2D eigenvalue weighted by molar-refractivity contribution is 7.99. The van der Waals surface area contributed by atoms with Gasteiger partial charge in [0.05, 0.1) is 15.8 Å². The van der Waals surface area contributed by atoms with Crippen molar-refractivity contribution >= 4 is 70.0 Å². The second-order valence-electron chi connectivity index (χ2n) is 8.73. The summed E-state index contributed by atoms with van der Waals surface area (Å²) >= 11 is 26.4. The van der Waals surface area contributed by atoms with Crippen molar-refractivity contribution in [1.82, 2.24) is 10.2 Å². The van der Waals surface area contributed by atoms with E-state index in [1.807, 2.05) is 13.0 Å². The molecule has 0 spiro atoms. The quantitative estimate of drug-likeness (QED) is 0.314. The van der Waals surface area contributed by atoms with Crippen molar-refractivity contribution in [2.24, 2.45) is 0 Å². The van der Waals surface area contributed by atoms with Crippen LogP contribution in [0.15, 0.2) is 36.4 Å². The predicted octanol–water partition coefficient (Wildman–Crippen LogP) is 7.79. The van der Waals surface area contributed by atoms with Gasteiger partial charge in [0.2, 0.25) is 11.8 Å². The summed E-state index contributed by atoms with van der Waals surface area (Å²) in [7, 11) is 0. The van der Waals surface area contributed by atoms with Gasteiger partial charge in [-0.3, -0.25) is 9.59 Å². The van der Waals surface area contributed by atoms with Gasteiger partial charge in [-0.2, -0.15) is 0 Å². The average molecular weight is 576 g/mol. The topological polar surface area (TPSA) is 49.4 Å². The molecule has 0 aliphatic heterocycles. The van der Waals surface area contributed by atoms with E-state index >= 15 is 0 Å². The Morgan fingerprint density at radius 2 is 1.69 bits per heavy atom. The van der Waals surface area contributed by atoms with Crippen molar-refractivity contribution in [2.45, 2.75) is 69.8 Å². The third-order valence-corrected chi connectivity index (χ3v) is 8.64. The highest BCUT2D eigenvalue weighted by Gasteiger charge is 2.31. The summed E-state index contributed by atoms with van der Waals surface area (Å²) in [5.74, 6) is 0.534. The molecule has 0 bridgehead atoms. The number of nitrogens with zero attached hydrogens (tertiary/aromatic N) is 1. The van der Waals surface area contributed by atoms with Crippen LogP contribution in [0, 0.1) is 0 Å². The van der Waals surface area contributed by atoms with Crippen molar-refractivity contribution in [3.05, 3.63) is 67.6 Å². The minimum absolute atomic E-state index is 0.120. The molecule has 1 atom stereocenters. The Labute approximate surface area is 232 Å². The second-order valence-corrected chi connectivity index (χ2v) is 11.3. The number of benzene rings is 2. The van der Waals surface area contributed by atoms with Gasteiger partial charge >= 0.3 is 0 Å². The van der Waals surface area contributed by atoms with Gasteiger partial charge in [0, 0.05) is 33.9 Å². The summed E-state index contributed by atoms with van der Waals surface area (Å²) < 4.78 is 0. The summed E-state index contributed by atoms with van der Waals surface area (Å²) in [5.41, 5.74) is 1.61. The molecule has 4 nitrogen and oxygen atoms in total. The van der Waals surface area contributed by atoms with Gasteiger partial charge in [-0.05, 0) is 49.1 Å². The Hall–Kier alpha value is -1.11. The van der Waals surface area contributed by atoms with Gasteiger partial charge in [0.15, 0.2) is 0 Å². The number of halogens is 4. The highest BCUT2D eigenvalue weighted by atomic mass is 35.5. The van der Waals surface area contributed by atoms with E-state index in [-0.39, 0.29) is 30.2 Å².